The smallest absolute Gasteiger partial charge is 0.243 e. The first-order chi connectivity index (χ1) is 9.69. The van der Waals surface area contributed by atoms with Gasteiger partial charge in [0, 0.05) is 11.8 Å². The van der Waals surface area contributed by atoms with Gasteiger partial charge in [-0.25, -0.2) is 0 Å². The highest BCUT2D eigenvalue weighted by Gasteiger charge is 2.42. The van der Waals surface area contributed by atoms with Gasteiger partial charge in [-0.2, -0.15) is 11.8 Å². The van der Waals surface area contributed by atoms with Gasteiger partial charge in [-0.1, -0.05) is 43.7 Å². The van der Waals surface area contributed by atoms with Crippen LogP contribution in [0.15, 0.2) is 30.3 Å². The van der Waals surface area contributed by atoms with Crippen LogP contribution < -0.4 is 11.1 Å². The number of thioether (sulfide) groups is 1. The molecule has 1 aromatic rings. The minimum absolute atomic E-state index is 0.264. The maximum absolute atomic E-state index is 12.2. The molecule has 3 N–H and O–H groups in total. The van der Waals surface area contributed by atoms with E-state index >= 15 is 0 Å². The molecule has 1 amide bonds. The van der Waals surface area contributed by atoms with Crippen molar-refractivity contribution in [2.75, 3.05) is 11.5 Å². The first kappa shape index (κ1) is 15.4. The lowest BCUT2D eigenvalue weighted by Crippen LogP contribution is -2.55. The monoisotopic (exact) mass is 292 g/mol. The first-order valence-corrected chi connectivity index (χ1v) is 8.55. The van der Waals surface area contributed by atoms with Crippen LogP contribution in [0.5, 0.6) is 0 Å². The first-order valence-electron chi connectivity index (χ1n) is 7.40. The Kier molecular flexibility index (Phi) is 5.49. The fraction of sp³-hybridized carbons (Fsp3) is 0.562. The Bertz CT molecular complexity index is 433. The van der Waals surface area contributed by atoms with Gasteiger partial charge in [0.2, 0.25) is 5.91 Å². The molecule has 3 nitrogen and oxygen atoms in total. The Morgan fingerprint density at radius 1 is 1.40 bits per heavy atom. The van der Waals surface area contributed by atoms with E-state index in [9.17, 15) is 4.79 Å². The zero-order chi connectivity index (χ0) is 14.4. The van der Waals surface area contributed by atoms with Gasteiger partial charge in [0.05, 0.1) is 0 Å². The van der Waals surface area contributed by atoms with Crippen LogP contribution in [-0.4, -0.2) is 23.5 Å². The zero-order valence-corrected chi connectivity index (χ0v) is 12.9. The molecular weight excluding hydrogens is 268 g/mol. The molecule has 2 rings (SSSR count). The molecule has 1 aliphatic carbocycles. The van der Waals surface area contributed by atoms with Crippen molar-refractivity contribution in [3.05, 3.63) is 35.9 Å². The molecule has 1 fully saturated rings. The number of amides is 1. The van der Waals surface area contributed by atoms with Crippen LogP contribution in [0.2, 0.25) is 0 Å². The molecule has 1 aromatic carbocycles. The third kappa shape index (κ3) is 3.76. The van der Waals surface area contributed by atoms with E-state index in [4.69, 9.17) is 5.73 Å². The lowest BCUT2D eigenvalue weighted by molar-refractivity contribution is -0.124. The molecule has 1 unspecified atom stereocenters. The van der Waals surface area contributed by atoms with E-state index in [1.54, 1.807) is 0 Å². The summed E-state index contributed by atoms with van der Waals surface area (Å²) in [4.78, 5) is 12.2. The highest BCUT2D eigenvalue weighted by atomic mass is 32.2. The number of nitrogens with one attached hydrogen (secondary N) is 1. The van der Waals surface area contributed by atoms with Crippen LogP contribution in [-0.2, 0) is 10.3 Å². The second-order valence-electron chi connectivity index (χ2n) is 5.46. The van der Waals surface area contributed by atoms with Gasteiger partial charge in [-0.15, -0.1) is 0 Å². The second kappa shape index (κ2) is 7.14. The highest BCUT2D eigenvalue weighted by molar-refractivity contribution is 7.99. The minimum Gasteiger partial charge on any atom is -0.368 e. The molecule has 0 spiro atoms. The molecule has 0 bridgehead atoms. The lowest BCUT2D eigenvalue weighted by atomic mass is 9.91. The summed E-state index contributed by atoms with van der Waals surface area (Å²) < 4.78 is 0. The number of hydrogen-bond acceptors (Lipinski definition) is 3. The summed E-state index contributed by atoms with van der Waals surface area (Å²) in [6.45, 7) is 2.18. The van der Waals surface area contributed by atoms with Crippen molar-refractivity contribution in [3.63, 3.8) is 0 Å². The van der Waals surface area contributed by atoms with Gasteiger partial charge in [0.15, 0.2) is 0 Å². The van der Waals surface area contributed by atoms with E-state index < -0.39 is 5.54 Å². The molecule has 0 heterocycles. The van der Waals surface area contributed by atoms with Gasteiger partial charge in [-0.05, 0) is 30.6 Å². The average Bonchev–Trinajstić information content (AvgIpc) is 3.27. The van der Waals surface area contributed by atoms with Gasteiger partial charge in [0.1, 0.15) is 5.54 Å². The fourth-order valence-corrected chi connectivity index (χ4v) is 3.60. The van der Waals surface area contributed by atoms with Crippen molar-refractivity contribution in [2.45, 2.75) is 44.2 Å². The maximum Gasteiger partial charge on any atom is 0.243 e. The number of hydrogen-bond donors (Lipinski definition) is 2. The van der Waals surface area contributed by atoms with Gasteiger partial charge in [0.25, 0.3) is 0 Å². The quantitative estimate of drug-likeness (QED) is 0.688. The SMILES string of the molecule is CCCCSCC(NC1CC1)(C(N)=O)c1ccccc1. The van der Waals surface area contributed by atoms with Crippen LogP contribution in [0, 0.1) is 0 Å². The van der Waals surface area contributed by atoms with Gasteiger partial charge < -0.3 is 5.73 Å². The summed E-state index contributed by atoms with van der Waals surface area (Å²) in [6.07, 6.45) is 4.64. The molecule has 4 heteroatoms. The van der Waals surface area contributed by atoms with E-state index in [0.717, 1.165) is 24.2 Å². The molecular formula is C16H24N2OS. The topological polar surface area (TPSA) is 55.1 Å². The van der Waals surface area contributed by atoms with E-state index in [-0.39, 0.29) is 5.91 Å². The van der Waals surface area contributed by atoms with E-state index in [1.807, 2.05) is 42.1 Å². The predicted octanol–water partition coefficient (Wildman–Crippen LogP) is 2.65. The number of primary amides is 1. The summed E-state index contributed by atoms with van der Waals surface area (Å²) in [7, 11) is 0. The van der Waals surface area contributed by atoms with Gasteiger partial charge >= 0.3 is 0 Å². The van der Waals surface area contributed by atoms with Crippen molar-refractivity contribution in [1.29, 1.82) is 0 Å². The normalized spacial score (nSPS) is 17.6. The Morgan fingerprint density at radius 2 is 2.10 bits per heavy atom. The van der Waals surface area contributed by atoms with Crippen LogP contribution >= 0.6 is 11.8 Å². The van der Waals surface area contributed by atoms with Crippen LogP contribution in [0.4, 0.5) is 0 Å². The van der Waals surface area contributed by atoms with E-state index in [1.165, 1.54) is 12.8 Å². The Labute approximate surface area is 125 Å². The third-order valence-electron chi connectivity index (χ3n) is 3.68. The summed E-state index contributed by atoms with van der Waals surface area (Å²) >= 11 is 1.81. The molecule has 1 aliphatic rings. The Hall–Kier alpha value is -1.00. The molecule has 0 aromatic heterocycles. The number of carbonyl (C=O) groups excluding carboxylic acids is 1. The average molecular weight is 292 g/mol. The molecule has 110 valence electrons. The van der Waals surface area contributed by atoms with Crippen LogP contribution in [0.25, 0.3) is 0 Å². The van der Waals surface area contributed by atoms with E-state index in [2.05, 4.69) is 12.2 Å². The molecule has 0 radical (unpaired) electrons. The van der Waals surface area contributed by atoms with E-state index in [0.29, 0.717) is 11.8 Å². The molecule has 1 atom stereocenters. The fourth-order valence-electron chi connectivity index (χ4n) is 2.26. The van der Waals surface area contributed by atoms with Crippen LogP contribution in [0.3, 0.4) is 0 Å². The number of rotatable bonds is 9. The molecule has 20 heavy (non-hydrogen) atoms. The summed E-state index contributed by atoms with van der Waals surface area (Å²) in [5.41, 5.74) is 6.05. The Morgan fingerprint density at radius 3 is 2.65 bits per heavy atom. The number of benzene rings is 1. The Balaban J connectivity index is 2.17. The maximum atomic E-state index is 12.2. The predicted molar refractivity (Wildman–Crippen MR) is 85.7 cm³/mol. The molecule has 1 saturated carbocycles. The minimum atomic E-state index is -0.721. The number of unbranched alkanes of at least 4 members (excludes halogenated alkanes) is 1. The van der Waals surface area contributed by atoms with Crippen molar-refractivity contribution in [3.8, 4) is 0 Å². The van der Waals surface area contributed by atoms with Crippen molar-refractivity contribution >= 4 is 17.7 Å². The molecule has 0 aliphatic heterocycles. The molecule has 0 saturated heterocycles. The largest absolute Gasteiger partial charge is 0.368 e. The second-order valence-corrected chi connectivity index (χ2v) is 6.57. The summed E-state index contributed by atoms with van der Waals surface area (Å²) in [6, 6.07) is 10.4. The summed E-state index contributed by atoms with van der Waals surface area (Å²) in [5, 5.41) is 3.50. The van der Waals surface area contributed by atoms with Gasteiger partial charge in [-0.3, -0.25) is 10.1 Å². The highest BCUT2D eigenvalue weighted by Crippen LogP contribution is 2.31. The lowest BCUT2D eigenvalue weighted by Gasteiger charge is -2.32. The zero-order valence-electron chi connectivity index (χ0n) is 12.1. The third-order valence-corrected chi connectivity index (χ3v) is 4.89. The van der Waals surface area contributed by atoms with Crippen LogP contribution in [0.1, 0.15) is 38.2 Å². The number of carbonyl (C=O) groups is 1. The van der Waals surface area contributed by atoms with Crippen molar-refractivity contribution in [1.82, 2.24) is 5.32 Å². The standard InChI is InChI=1S/C16H24N2OS/c1-2-3-11-20-12-16(15(17)19,18-14-9-10-14)13-7-5-4-6-8-13/h4-8,14,18H,2-3,9-12H2,1H3,(H2,17,19). The van der Waals surface area contributed by atoms with Crippen molar-refractivity contribution in [2.24, 2.45) is 5.73 Å². The van der Waals surface area contributed by atoms with Crippen molar-refractivity contribution < 1.29 is 4.79 Å². The summed E-state index contributed by atoms with van der Waals surface area (Å²) in [5.74, 6) is 1.52. The number of nitrogens with two attached hydrogens (primary N) is 1.